The van der Waals surface area contributed by atoms with Crippen molar-refractivity contribution in [3.63, 3.8) is 0 Å². The maximum absolute atomic E-state index is 13.3. The average Bonchev–Trinajstić information content (AvgIpc) is 2.25. The Kier molecular flexibility index (Phi) is 3.80. The molecule has 0 aliphatic rings. The molecule has 0 saturated carbocycles. The Morgan fingerprint density at radius 2 is 0.789 bits per heavy atom. The van der Waals surface area contributed by atoms with Crippen LogP contribution in [0.4, 0.5) is 26.3 Å². The van der Waals surface area contributed by atoms with Crippen LogP contribution in [0, 0.1) is 34.9 Å². The van der Waals surface area contributed by atoms with Crippen LogP contribution in [0.25, 0.3) is 0 Å². The van der Waals surface area contributed by atoms with Gasteiger partial charge in [-0.15, -0.1) is 0 Å². The van der Waals surface area contributed by atoms with Crippen molar-refractivity contribution in [3.8, 4) is 0 Å². The fourth-order valence-electron chi connectivity index (χ4n) is 1.45. The third kappa shape index (κ3) is 2.89. The predicted octanol–water partition coefficient (Wildman–Crippen LogP) is 3.15. The van der Waals surface area contributed by atoms with Crippen LogP contribution in [0.1, 0.15) is 0 Å². The maximum atomic E-state index is 13.3. The van der Waals surface area contributed by atoms with Gasteiger partial charge in [-0.05, 0) is 8.58 Å². The fraction of sp³-hybridized carbons (Fsp3) is 0. The first-order valence-electron chi connectivity index (χ1n) is 4.94. The lowest BCUT2D eigenvalue weighted by Gasteiger charge is -2.08. The molecule has 0 saturated heterocycles. The molecule has 0 radical (unpaired) electrons. The lowest BCUT2D eigenvalue weighted by molar-refractivity contribution is 0.552. The minimum atomic E-state index is -1.25. The summed E-state index contributed by atoms with van der Waals surface area (Å²) in [6, 6.07) is 1.63. The standard InChI is InChI=1S/C12H5F6P/c13-5-1-7(15)11(8(16)2-5)19-12-9(17)3-6(14)4-10(12)18/h1-4,19H. The molecule has 0 aliphatic carbocycles. The number of hydrogen-bond acceptors (Lipinski definition) is 0. The molecular weight excluding hydrogens is 289 g/mol. The van der Waals surface area contributed by atoms with Crippen LogP contribution in [0.2, 0.25) is 0 Å². The smallest absolute Gasteiger partial charge is 0.136 e. The van der Waals surface area contributed by atoms with Crippen LogP contribution in [-0.2, 0) is 0 Å². The summed E-state index contributed by atoms with van der Waals surface area (Å²) in [5, 5.41) is -1.32. The molecule has 0 fully saturated rings. The molecule has 2 aromatic carbocycles. The Balaban J connectivity index is 2.48. The summed E-state index contributed by atoms with van der Waals surface area (Å²) >= 11 is 0. The molecule has 0 N–H and O–H groups in total. The zero-order chi connectivity index (χ0) is 14.2. The monoisotopic (exact) mass is 294 g/mol. The van der Waals surface area contributed by atoms with Crippen molar-refractivity contribution >= 4 is 19.2 Å². The highest BCUT2D eigenvalue weighted by Gasteiger charge is 2.18. The SMILES string of the molecule is Fc1cc(F)c(Pc2c(F)cc(F)cc2F)c(F)c1. The Morgan fingerprint density at radius 3 is 1.05 bits per heavy atom. The summed E-state index contributed by atoms with van der Waals surface area (Å²) in [7, 11) is -1.07. The number of benzene rings is 2. The van der Waals surface area contributed by atoms with E-state index in [1.165, 1.54) is 0 Å². The number of rotatable bonds is 2. The highest BCUT2D eigenvalue weighted by molar-refractivity contribution is 7.55. The van der Waals surface area contributed by atoms with Gasteiger partial charge in [0.2, 0.25) is 0 Å². The van der Waals surface area contributed by atoms with E-state index in [1.807, 2.05) is 0 Å². The van der Waals surface area contributed by atoms with E-state index in [2.05, 4.69) is 0 Å². The molecule has 0 atom stereocenters. The van der Waals surface area contributed by atoms with Gasteiger partial charge >= 0.3 is 0 Å². The minimum Gasteiger partial charge on any atom is -0.207 e. The average molecular weight is 294 g/mol. The first kappa shape index (κ1) is 13.9. The summed E-state index contributed by atoms with van der Waals surface area (Å²) in [6.07, 6.45) is 0. The van der Waals surface area contributed by atoms with E-state index in [0.29, 0.717) is 24.3 Å². The largest absolute Gasteiger partial charge is 0.207 e. The highest BCUT2D eigenvalue weighted by atomic mass is 31.1. The van der Waals surface area contributed by atoms with Gasteiger partial charge in [0.1, 0.15) is 34.9 Å². The van der Waals surface area contributed by atoms with Crippen molar-refractivity contribution in [2.24, 2.45) is 0 Å². The third-order valence-electron chi connectivity index (χ3n) is 2.26. The van der Waals surface area contributed by atoms with Crippen molar-refractivity contribution in [2.45, 2.75) is 0 Å². The van der Waals surface area contributed by atoms with Crippen molar-refractivity contribution in [3.05, 3.63) is 59.2 Å². The van der Waals surface area contributed by atoms with Gasteiger partial charge in [-0.1, -0.05) is 0 Å². The van der Waals surface area contributed by atoms with Crippen molar-refractivity contribution in [2.75, 3.05) is 0 Å². The topological polar surface area (TPSA) is 0 Å². The molecule has 0 heterocycles. The van der Waals surface area contributed by atoms with Crippen LogP contribution in [0.5, 0.6) is 0 Å². The summed E-state index contributed by atoms with van der Waals surface area (Å²) < 4.78 is 78.8. The molecule has 0 spiro atoms. The van der Waals surface area contributed by atoms with E-state index in [4.69, 9.17) is 0 Å². The van der Waals surface area contributed by atoms with Crippen molar-refractivity contribution in [1.82, 2.24) is 0 Å². The zero-order valence-electron chi connectivity index (χ0n) is 9.08. The van der Waals surface area contributed by atoms with Crippen LogP contribution >= 0.6 is 8.58 Å². The van der Waals surface area contributed by atoms with Crippen LogP contribution in [0.3, 0.4) is 0 Å². The fourth-order valence-corrected chi connectivity index (χ4v) is 2.46. The number of hydrogen-bond donors (Lipinski definition) is 0. The first-order chi connectivity index (χ1) is 8.88. The van der Waals surface area contributed by atoms with E-state index < -0.39 is 54.1 Å². The molecule has 0 aromatic heterocycles. The van der Waals surface area contributed by atoms with Gasteiger partial charge in [-0.25, -0.2) is 26.3 Å². The third-order valence-corrected chi connectivity index (χ3v) is 3.72. The van der Waals surface area contributed by atoms with E-state index in [0.717, 1.165) is 0 Å². The molecule has 0 unspecified atom stereocenters. The van der Waals surface area contributed by atoms with Crippen LogP contribution in [-0.4, -0.2) is 0 Å². The minimum absolute atomic E-state index is 0.407. The van der Waals surface area contributed by atoms with Gasteiger partial charge in [-0.2, -0.15) is 0 Å². The summed E-state index contributed by atoms with van der Waals surface area (Å²) in [5.41, 5.74) is 0. The molecule has 7 heteroatoms. The molecule has 0 aliphatic heterocycles. The molecule has 19 heavy (non-hydrogen) atoms. The Hall–Kier alpha value is -1.55. The van der Waals surface area contributed by atoms with Gasteiger partial charge in [0.25, 0.3) is 0 Å². The van der Waals surface area contributed by atoms with E-state index in [-0.39, 0.29) is 0 Å². The second kappa shape index (κ2) is 5.21. The predicted molar refractivity (Wildman–Crippen MR) is 60.2 cm³/mol. The zero-order valence-corrected chi connectivity index (χ0v) is 10.1. The van der Waals surface area contributed by atoms with E-state index in [1.54, 1.807) is 0 Å². The quantitative estimate of drug-likeness (QED) is 0.589. The molecule has 2 aromatic rings. The molecule has 2 rings (SSSR count). The normalized spacial score (nSPS) is 10.8. The van der Waals surface area contributed by atoms with E-state index in [9.17, 15) is 26.3 Å². The number of halogens is 6. The Labute approximate surface area is 105 Å². The second-order valence-electron chi connectivity index (χ2n) is 3.61. The van der Waals surface area contributed by atoms with Gasteiger partial charge in [0, 0.05) is 34.9 Å². The molecule has 0 amide bonds. The molecular formula is C12H5F6P. The summed E-state index contributed by atoms with van der Waals surface area (Å²) in [6.45, 7) is 0. The van der Waals surface area contributed by atoms with E-state index >= 15 is 0 Å². The molecule has 0 nitrogen and oxygen atoms in total. The Bertz CT molecular complexity index is 539. The maximum Gasteiger partial charge on any atom is 0.136 e. The van der Waals surface area contributed by atoms with Crippen molar-refractivity contribution < 1.29 is 26.3 Å². The molecule has 100 valence electrons. The second-order valence-corrected chi connectivity index (χ2v) is 4.86. The lowest BCUT2D eigenvalue weighted by Crippen LogP contribution is -2.17. The van der Waals surface area contributed by atoms with Crippen molar-refractivity contribution in [1.29, 1.82) is 0 Å². The van der Waals surface area contributed by atoms with Crippen LogP contribution in [0.15, 0.2) is 24.3 Å². The first-order valence-corrected chi connectivity index (χ1v) is 5.94. The molecule has 0 bridgehead atoms. The Morgan fingerprint density at radius 1 is 0.526 bits per heavy atom. The lowest BCUT2D eigenvalue weighted by atomic mass is 10.3. The summed E-state index contributed by atoms with van der Waals surface area (Å²) in [5.74, 6) is -7.27. The van der Waals surface area contributed by atoms with Crippen LogP contribution < -0.4 is 10.6 Å². The van der Waals surface area contributed by atoms with Gasteiger partial charge < -0.3 is 0 Å². The summed E-state index contributed by atoms with van der Waals surface area (Å²) in [4.78, 5) is 0. The van der Waals surface area contributed by atoms with Gasteiger partial charge in [-0.3, -0.25) is 0 Å². The highest BCUT2D eigenvalue weighted by Crippen LogP contribution is 2.21. The van der Waals surface area contributed by atoms with Gasteiger partial charge in [0.05, 0.1) is 0 Å². The van der Waals surface area contributed by atoms with Gasteiger partial charge in [0.15, 0.2) is 0 Å².